The van der Waals surface area contributed by atoms with Gasteiger partial charge in [-0.15, -0.1) is 0 Å². The van der Waals surface area contributed by atoms with Crippen molar-refractivity contribution in [3.8, 4) is 0 Å². The second-order valence-corrected chi connectivity index (χ2v) is 2.75. The van der Waals surface area contributed by atoms with Gasteiger partial charge in [-0.25, -0.2) is 0 Å². The Labute approximate surface area is 63.2 Å². The lowest BCUT2D eigenvalue weighted by atomic mass is 10.2. The van der Waals surface area contributed by atoms with Crippen LogP contribution >= 0.6 is 0 Å². The largest absolute Gasteiger partial charge is 0.379 e. The fraction of sp³-hybridized carbons (Fsp3) is 0.875. The molecule has 0 amide bonds. The minimum absolute atomic E-state index is 0.577. The minimum Gasteiger partial charge on any atom is -0.379 e. The van der Waals surface area contributed by atoms with E-state index < -0.39 is 0 Å². The highest BCUT2D eigenvalue weighted by Crippen LogP contribution is 2.08. The van der Waals surface area contributed by atoms with Crippen molar-refractivity contribution in [2.24, 2.45) is 0 Å². The van der Waals surface area contributed by atoms with Crippen LogP contribution in [0.2, 0.25) is 0 Å². The van der Waals surface area contributed by atoms with Gasteiger partial charge in [0.05, 0.1) is 13.2 Å². The lowest BCUT2D eigenvalue weighted by Crippen LogP contribution is -2.41. The molecule has 0 aliphatic carbocycles. The number of ether oxygens (including phenoxy) is 1. The van der Waals surface area contributed by atoms with Gasteiger partial charge in [0.15, 0.2) is 0 Å². The molecule has 1 fully saturated rings. The first-order valence-corrected chi connectivity index (χ1v) is 4.01. The quantitative estimate of drug-likeness (QED) is 0.576. The zero-order valence-electron chi connectivity index (χ0n) is 6.84. The molecule has 2 heteroatoms. The van der Waals surface area contributed by atoms with Crippen LogP contribution in [0, 0.1) is 6.54 Å². The molecule has 0 aromatic carbocycles. The van der Waals surface area contributed by atoms with E-state index in [1.807, 2.05) is 0 Å². The fourth-order valence-corrected chi connectivity index (χ4v) is 1.25. The number of morpholine rings is 1. The molecule has 59 valence electrons. The maximum atomic E-state index is 5.30. The second-order valence-electron chi connectivity index (χ2n) is 2.75. The van der Waals surface area contributed by atoms with Gasteiger partial charge in [-0.3, -0.25) is 4.90 Å². The Bertz CT molecular complexity index is 93.3. The molecular formula is C8H16NO. The molecule has 0 N–H and O–H groups in total. The lowest BCUT2D eigenvalue weighted by molar-refractivity contribution is 0.0133. The topological polar surface area (TPSA) is 12.5 Å². The van der Waals surface area contributed by atoms with Crippen molar-refractivity contribution in [1.29, 1.82) is 0 Å². The van der Waals surface area contributed by atoms with Crippen LogP contribution in [0.4, 0.5) is 0 Å². The maximum Gasteiger partial charge on any atom is 0.0619 e. The average molecular weight is 142 g/mol. The molecule has 0 saturated carbocycles. The lowest BCUT2D eigenvalue weighted by Gasteiger charge is -2.32. The van der Waals surface area contributed by atoms with E-state index in [9.17, 15) is 0 Å². The summed E-state index contributed by atoms with van der Waals surface area (Å²) in [6.07, 6.45) is 1.13. The zero-order valence-corrected chi connectivity index (χ0v) is 6.84. The Morgan fingerprint density at radius 1 is 1.70 bits per heavy atom. The number of hydrogen-bond donors (Lipinski definition) is 0. The molecule has 1 saturated heterocycles. The Morgan fingerprint density at radius 3 is 3.10 bits per heavy atom. The summed E-state index contributed by atoms with van der Waals surface area (Å²) in [6, 6.07) is 0.577. The van der Waals surface area contributed by atoms with E-state index in [-0.39, 0.29) is 0 Å². The summed E-state index contributed by atoms with van der Waals surface area (Å²) in [4.78, 5) is 2.36. The van der Waals surface area contributed by atoms with Gasteiger partial charge < -0.3 is 4.74 Å². The molecular weight excluding hydrogens is 126 g/mol. The van der Waals surface area contributed by atoms with Crippen LogP contribution in [0.25, 0.3) is 0 Å². The average Bonchev–Trinajstić information content (AvgIpc) is 1.94. The Kier molecular flexibility index (Phi) is 3.16. The van der Waals surface area contributed by atoms with Crippen LogP contribution in [0.5, 0.6) is 0 Å². The zero-order chi connectivity index (χ0) is 7.40. The first-order valence-electron chi connectivity index (χ1n) is 4.01. The highest BCUT2D eigenvalue weighted by Gasteiger charge is 2.16. The van der Waals surface area contributed by atoms with Crippen molar-refractivity contribution >= 4 is 0 Å². The summed E-state index contributed by atoms with van der Waals surface area (Å²) in [5.41, 5.74) is 0. The standard InChI is InChI=1S/C8H16NO/c1-3-4-9-5-6-10-7-8(9)2/h4,8H,3,5-7H2,1-2H3. The van der Waals surface area contributed by atoms with Gasteiger partial charge in [0.1, 0.15) is 0 Å². The molecule has 1 aliphatic rings. The summed E-state index contributed by atoms with van der Waals surface area (Å²) < 4.78 is 5.30. The third-order valence-corrected chi connectivity index (χ3v) is 1.84. The summed E-state index contributed by atoms with van der Waals surface area (Å²) in [7, 11) is 0. The van der Waals surface area contributed by atoms with Crippen LogP contribution in [-0.4, -0.2) is 30.7 Å². The highest BCUT2D eigenvalue weighted by molar-refractivity contribution is 4.76. The first-order chi connectivity index (χ1) is 4.84. The van der Waals surface area contributed by atoms with Gasteiger partial charge in [-0.05, 0) is 13.3 Å². The molecule has 1 radical (unpaired) electrons. The maximum absolute atomic E-state index is 5.30. The van der Waals surface area contributed by atoms with Crippen LogP contribution in [0.15, 0.2) is 0 Å². The molecule has 0 spiro atoms. The summed E-state index contributed by atoms with van der Waals surface area (Å²) in [5.74, 6) is 0. The van der Waals surface area contributed by atoms with E-state index in [1.54, 1.807) is 0 Å². The summed E-state index contributed by atoms with van der Waals surface area (Å²) >= 11 is 0. The smallest absolute Gasteiger partial charge is 0.0619 e. The number of hydrogen-bond acceptors (Lipinski definition) is 2. The molecule has 0 aromatic rings. The van der Waals surface area contributed by atoms with Crippen LogP contribution < -0.4 is 0 Å². The first kappa shape index (κ1) is 8.02. The van der Waals surface area contributed by atoms with Crippen LogP contribution in [0.1, 0.15) is 20.3 Å². The molecule has 0 aromatic heterocycles. The molecule has 1 unspecified atom stereocenters. The molecule has 1 rings (SSSR count). The van der Waals surface area contributed by atoms with E-state index >= 15 is 0 Å². The highest BCUT2D eigenvalue weighted by atomic mass is 16.5. The second kappa shape index (κ2) is 3.94. The molecule has 2 nitrogen and oxygen atoms in total. The van der Waals surface area contributed by atoms with E-state index in [4.69, 9.17) is 4.74 Å². The number of nitrogens with zero attached hydrogens (tertiary/aromatic N) is 1. The fourth-order valence-electron chi connectivity index (χ4n) is 1.25. The van der Waals surface area contributed by atoms with E-state index in [1.165, 1.54) is 0 Å². The van der Waals surface area contributed by atoms with E-state index in [2.05, 4.69) is 25.3 Å². The monoisotopic (exact) mass is 142 g/mol. The van der Waals surface area contributed by atoms with E-state index in [0.717, 1.165) is 26.2 Å². The van der Waals surface area contributed by atoms with Crippen molar-refractivity contribution in [1.82, 2.24) is 4.90 Å². The van der Waals surface area contributed by atoms with Crippen LogP contribution in [0.3, 0.4) is 0 Å². The molecule has 1 aliphatic heterocycles. The van der Waals surface area contributed by atoms with Gasteiger partial charge in [-0.2, -0.15) is 0 Å². The van der Waals surface area contributed by atoms with Crippen molar-refractivity contribution in [2.45, 2.75) is 26.3 Å². The molecule has 1 heterocycles. The van der Waals surface area contributed by atoms with Gasteiger partial charge in [0.25, 0.3) is 0 Å². The van der Waals surface area contributed by atoms with Crippen molar-refractivity contribution in [3.63, 3.8) is 0 Å². The predicted molar refractivity (Wildman–Crippen MR) is 41.6 cm³/mol. The third-order valence-electron chi connectivity index (χ3n) is 1.84. The normalized spacial score (nSPS) is 28.8. The Hall–Kier alpha value is -0.0800. The van der Waals surface area contributed by atoms with Gasteiger partial charge >= 0.3 is 0 Å². The minimum atomic E-state index is 0.577. The van der Waals surface area contributed by atoms with Crippen molar-refractivity contribution < 1.29 is 4.74 Å². The summed E-state index contributed by atoms with van der Waals surface area (Å²) in [5, 5.41) is 0. The van der Waals surface area contributed by atoms with Gasteiger partial charge in [-0.1, -0.05) is 6.92 Å². The molecule has 0 bridgehead atoms. The Morgan fingerprint density at radius 2 is 2.50 bits per heavy atom. The Balaban J connectivity index is 2.25. The third kappa shape index (κ3) is 1.96. The van der Waals surface area contributed by atoms with E-state index in [0.29, 0.717) is 6.04 Å². The summed E-state index contributed by atoms with van der Waals surface area (Å²) in [6.45, 7) is 9.47. The van der Waals surface area contributed by atoms with Crippen molar-refractivity contribution in [2.75, 3.05) is 19.8 Å². The van der Waals surface area contributed by atoms with Gasteiger partial charge in [0, 0.05) is 19.1 Å². The van der Waals surface area contributed by atoms with Gasteiger partial charge in [0.2, 0.25) is 0 Å². The number of rotatable bonds is 2. The van der Waals surface area contributed by atoms with Crippen LogP contribution in [-0.2, 0) is 4.74 Å². The predicted octanol–water partition coefficient (Wildman–Crippen LogP) is 1.28. The molecule has 1 atom stereocenters. The van der Waals surface area contributed by atoms with Crippen molar-refractivity contribution in [3.05, 3.63) is 6.54 Å². The SMILES string of the molecule is CC[CH]N1CCOCC1C. The molecule has 10 heavy (non-hydrogen) atoms.